The Labute approximate surface area is 485 Å². The number of pyridine rings is 2. The summed E-state index contributed by atoms with van der Waals surface area (Å²) in [6.07, 6.45) is -5.52. The summed E-state index contributed by atoms with van der Waals surface area (Å²) < 4.78 is 146. The number of amides is 2. The lowest BCUT2D eigenvalue weighted by Gasteiger charge is -2.34. The highest BCUT2D eigenvalue weighted by atomic mass is 32.2. The van der Waals surface area contributed by atoms with E-state index in [1.807, 2.05) is 16.7 Å². The molecule has 0 unspecified atom stereocenters. The molecule has 2 aliphatic rings. The molecule has 2 saturated heterocycles. The summed E-state index contributed by atoms with van der Waals surface area (Å²) in [6.45, 7) is 13.2. The number of alkyl halides is 6. The number of carbonyl (C=O) groups is 2. The number of piperazine rings is 2. The molecule has 454 valence electrons. The van der Waals surface area contributed by atoms with Gasteiger partial charge in [0.25, 0.3) is 0 Å². The number of nitrogens with one attached hydrogen (secondary N) is 6. The second-order valence-corrected chi connectivity index (χ2v) is 22.7. The number of anilines is 12. The molecule has 0 bridgehead atoms. The van der Waals surface area contributed by atoms with Crippen molar-refractivity contribution >= 4 is 101 Å². The summed E-state index contributed by atoms with van der Waals surface area (Å²) in [5, 5.41) is 16.1. The van der Waals surface area contributed by atoms with Crippen LogP contribution in [0.5, 0.6) is 11.8 Å². The molecule has 0 aliphatic carbocycles. The van der Waals surface area contributed by atoms with Crippen LogP contribution < -0.4 is 51.2 Å². The molecule has 0 atom stereocenters. The second kappa shape index (κ2) is 27.7. The van der Waals surface area contributed by atoms with Crippen LogP contribution in [0.3, 0.4) is 0 Å². The summed E-state index contributed by atoms with van der Waals surface area (Å²) in [5.41, 5.74) is -0.433. The van der Waals surface area contributed by atoms with Gasteiger partial charge in [-0.15, -0.1) is 0 Å². The Kier molecular flexibility index (Phi) is 20.7. The molecule has 6 heterocycles. The van der Waals surface area contributed by atoms with E-state index in [-0.39, 0.29) is 46.5 Å². The van der Waals surface area contributed by atoms with Crippen molar-refractivity contribution in [3.63, 3.8) is 0 Å². The van der Waals surface area contributed by atoms with E-state index in [2.05, 4.69) is 75.0 Å². The zero-order chi connectivity index (χ0) is 61.7. The van der Waals surface area contributed by atoms with Gasteiger partial charge in [0.2, 0.25) is 55.5 Å². The van der Waals surface area contributed by atoms with Gasteiger partial charge in [-0.1, -0.05) is 32.2 Å². The average molecular weight is 1230 g/mol. The van der Waals surface area contributed by atoms with Gasteiger partial charge in [-0.05, 0) is 86.2 Å². The standard InChI is InChI=1S/C27H31F3N8O4S.C26H29F3N8O4S/c1-4-15-43(40,41)38-13-11-37(12-14-38)22-10-9-21(25(35-22)42-3)34-26-31-17-20(27(28,29)30)24(36-26)33-19-8-6-7-18(16-19)32-23(39)5-2;1-4-22(38)31-17-7-6-8-18(15-17)32-23-19(26(27,28)29)16-30-25(35-23)33-20-9-10-21(34-24(20)41-3)36-11-13-37(14-12-36)42(39,40)5-2/h5-10,16-17H,2,4,11-15H2,1,3H3,(H,32,39)(H2,31,33,34,36);4,6-10,15-16H,1,5,11-14H2,2-3H3,(H,31,38)(H2,30,32,33,35). The minimum absolute atomic E-state index is 0.0308. The maximum atomic E-state index is 13.8. The van der Waals surface area contributed by atoms with Crippen LogP contribution in [-0.2, 0) is 42.0 Å². The first kappa shape index (κ1) is 63.7. The molecule has 6 aromatic rings. The lowest BCUT2D eigenvalue weighted by atomic mass is 10.2. The molecule has 8 rings (SSSR count). The number of hydrogen-bond donors (Lipinski definition) is 6. The Morgan fingerprint density at radius 2 is 0.953 bits per heavy atom. The fraction of sp³-hybridized carbons (Fsp3) is 0.321. The highest BCUT2D eigenvalue weighted by Gasteiger charge is 2.37. The van der Waals surface area contributed by atoms with Crippen LogP contribution in [0.2, 0.25) is 0 Å². The van der Waals surface area contributed by atoms with Crippen molar-refractivity contribution < 1.29 is 62.2 Å². The van der Waals surface area contributed by atoms with Crippen molar-refractivity contribution in [2.75, 3.05) is 120 Å². The maximum Gasteiger partial charge on any atom is 0.421 e. The number of hydrogen-bond acceptors (Lipinski definition) is 20. The number of aromatic nitrogens is 6. The predicted molar refractivity (Wildman–Crippen MR) is 310 cm³/mol. The summed E-state index contributed by atoms with van der Waals surface area (Å²) in [7, 11) is -3.79. The number of nitrogens with zero attached hydrogens (tertiary/aromatic N) is 10. The summed E-state index contributed by atoms with van der Waals surface area (Å²) in [4.78, 5) is 51.8. The van der Waals surface area contributed by atoms with E-state index in [0.29, 0.717) is 106 Å². The van der Waals surface area contributed by atoms with Crippen molar-refractivity contribution in [1.82, 2.24) is 38.5 Å². The molecule has 0 radical (unpaired) electrons. The SMILES string of the molecule is C=CC(=O)Nc1cccc(Nc2nc(Nc3ccc(N4CCN(S(=O)(=O)CC)CC4)nc3OC)ncc2C(F)(F)F)c1.C=CC(=O)Nc1cccc(Nc2nc(Nc3ccc(N4CCN(S(=O)(=O)CCC)CC4)nc3OC)ncc2C(F)(F)F)c1. The molecule has 2 amide bonds. The minimum Gasteiger partial charge on any atom is -0.479 e. The number of sulfonamides is 2. The van der Waals surface area contributed by atoms with Gasteiger partial charge in [-0.2, -0.15) is 54.9 Å². The van der Waals surface area contributed by atoms with Crippen LogP contribution in [0, 0.1) is 0 Å². The Hall–Kier alpha value is -8.88. The molecule has 32 heteroatoms. The van der Waals surface area contributed by atoms with Crippen molar-refractivity contribution in [3.8, 4) is 11.8 Å². The molecular weight excluding hydrogens is 1170 g/mol. The first-order chi connectivity index (χ1) is 40.4. The van der Waals surface area contributed by atoms with Gasteiger partial charge < -0.3 is 51.2 Å². The second-order valence-electron chi connectivity index (χ2n) is 18.4. The fourth-order valence-corrected chi connectivity index (χ4v) is 11.0. The summed E-state index contributed by atoms with van der Waals surface area (Å²) >= 11 is 0. The molecule has 24 nitrogen and oxygen atoms in total. The quantitative estimate of drug-likeness (QED) is 0.0291. The first-order valence-electron chi connectivity index (χ1n) is 26.0. The Balaban J connectivity index is 0.000000244. The van der Waals surface area contributed by atoms with Crippen LogP contribution in [0.25, 0.3) is 0 Å². The third-order valence-corrected chi connectivity index (χ3v) is 16.6. The normalized spacial score (nSPS) is 14.2. The number of carbonyl (C=O) groups excluding carboxylic acids is 2. The van der Waals surface area contributed by atoms with Crippen molar-refractivity contribution in [2.45, 2.75) is 32.6 Å². The lowest BCUT2D eigenvalue weighted by molar-refractivity contribution is -0.138. The largest absolute Gasteiger partial charge is 0.479 e. The van der Waals surface area contributed by atoms with Gasteiger partial charge in [0.1, 0.15) is 45.8 Å². The van der Waals surface area contributed by atoms with Crippen LogP contribution in [-0.4, -0.2) is 145 Å². The van der Waals surface area contributed by atoms with Crippen molar-refractivity contribution in [3.05, 3.63) is 122 Å². The molecule has 2 aliphatic heterocycles. The van der Waals surface area contributed by atoms with E-state index < -0.39 is 67.0 Å². The monoisotopic (exact) mass is 1230 g/mol. The fourth-order valence-electron chi connectivity index (χ4n) is 8.42. The molecule has 4 aromatic heterocycles. The third-order valence-electron chi connectivity index (χ3n) is 12.7. The summed E-state index contributed by atoms with van der Waals surface area (Å²) in [5.74, 6) is -0.795. The maximum absolute atomic E-state index is 13.8. The number of methoxy groups -OCH3 is 2. The Morgan fingerprint density at radius 3 is 1.31 bits per heavy atom. The van der Waals surface area contributed by atoms with Crippen molar-refractivity contribution in [1.29, 1.82) is 0 Å². The van der Waals surface area contributed by atoms with Crippen LogP contribution in [0.4, 0.5) is 95.6 Å². The minimum atomic E-state index is -4.75. The molecule has 85 heavy (non-hydrogen) atoms. The first-order valence-corrected chi connectivity index (χ1v) is 29.2. The average Bonchev–Trinajstić information content (AvgIpc) is 3.08. The zero-order valence-electron chi connectivity index (χ0n) is 46.3. The zero-order valence-corrected chi connectivity index (χ0v) is 47.9. The number of rotatable bonds is 21. The lowest BCUT2D eigenvalue weighted by Crippen LogP contribution is -2.49. The van der Waals surface area contributed by atoms with Gasteiger partial charge in [-0.25, -0.2) is 26.8 Å². The van der Waals surface area contributed by atoms with Gasteiger partial charge in [-0.3, -0.25) is 9.59 Å². The van der Waals surface area contributed by atoms with E-state index in [1.54, 1.807) is 55.5 Å². The predicted octanol–water partition coefficient (Wildman–Crippen LogP) is 8.35. The molecule has 0 saturated carbocycles. The highest BCUT2D eigenvalue weighted by molar-refractivity contribution is 7.89. The van der Waals surface area contributed by atoms with E-state index >= 15 is 0 Å². The highest BCUT2D eigenvalue weighted by Crippen LogP contribution is 2.39. The third kappa shape index (κ3) is 16.9. The van der Waals surface area contributed by atoms with E-state index in [9.17, 15) is 52.8 Å². The van der Waals surface area contributed by atoms with Gasteiger partial charge in [0.05, 0.1) is 25.7 Å². The number of ether oxygens (including phenoxy) is 2. The topological polar surface area (TPSA) is 283 Å². The van der Waals surface area contributed by atoms with Crippen LogP contribution >= 0.6 is 0 Å². The molecule has 2 fully saturated rings. The van der Waals surface area contributed by atoms with Crippen LogP contribution in [0.15, 0.2) is 111 Å². The molecular formula is C53H60F6N16O8S2. The number of halogens is 6. The molecule has 6 N–H and O–H groups in total. The van der Waals surface area contributed by atoms with Gasteiger partial charge in [0.15, 0.2) is 0 Å². The van der Waals surface area contributed by atoms with Gasteiger partial charge in [0, 0.05) is 87.5 Å². The smallest absolute Gasteiger partial charge is 0.421 e. The van der Waals surface area contributed by atoms with Gasteiger partial charge >= 0.3 is 12.4 Å². The van der Waals surface area contributed by atoms with Crippen molar-refractivity contribution in [2.24, 2.45) is 0 Å². The Morgan fingerprint density at radius 1 is 0.565 bits per heavy atom. The summed E-state index contributed by atoms with van der Waals surface area (Å²) in [6, 6.07) is 18.8. The van der Waals surface area contributed by atoms with E-state index in [4.69, 9.17) is 9.47 Å². The van der Waals surface area contributed by atoms with Crippen LogP contribution in [0.1, 0.15) is 31.4 Å². The van der Waals surface area contributed by atoms with E-state index in [1.165, 1.54) is 47.1 Å². The molecule has 0 spiro atoms. The Bertz CT molecular complexity index is 3610. The molecule has 2 aromatic carbocycles. The number of benzene rings is 2. The van der Waals surface area contributed by atoms with E-state index in [0.717, 1.165) is 12.2 Å².